The number of thiophene rings is 1. The van der Waals surface area contributed by atoms with Gasteiger partial charge in [-0.25, -0.2) is 4.99 Å². The van der Waals surface area contributed by atoms with E-state index in [4.69, 9.17) is 0 Å². The Labute approximate surface area is 175 Å². The molecule has 0 radical (unpaired) electrons. The first-order valence-corrected chi connectivity index (χ1v) is 10.4. The first-order chi connectivity index (χ1) is 13.9. The fraction of sp³-hybridized carbons (Fsp3) is 0.400. The van der Waals surface area contributed by atoms with E-state index in [2.05, 4.69) is 10.3 Å². The molecule has 0 unspecified atom stereocenters. The molecule has 0 saturated heterocycles. The van der Waals surface area contributed by atoms with Gasteiger partial charge in [0.15, 0.2) is 5.96 Å². The SMILES string of the molecule is CCN(CC)C(=O)CN(C)C(=NCc1ccc([N+](=O)[O-])cc1)NCc1cccs1. The Bertz CT molecular complexity index is 817. The lowest BCUT2D eigenvalue weighted by atomic mass is 10.2. The van der Waals surface area contributed by atoms with Gasteiger partial charge in [0.2, 0.25) is 5.91 Å². The van der Waals surface area contributed by atoms with Crippen molar-refractivity contribution in [1.82, 2.24) is 15.1 Å². The highest BCUT2D eigenvalue weighted by Gasteiger charge is 2.15. The molecule has 0 saturated carbocycles. The molecule has 29 heavy (non-hydrogen) atoms. The number of hydrogen-bond acceptors (Lipinski definition) is 5. The second-order valence-corrected chi connectivity index (χ2v) is 7.45. The van der Waals surface area contributed by atoms with Crippen LogP contribution in [0.3, 0.4) is 0 Å². The number of likely N-dealkylation sites (N-methyl/N-ethyl adjacent to an activating group) is 2. The molecule has 0 spiro atoms. The number of hydrogen-bond donors (Lipinski definition) is 1. The third-order valence-electron chi connectivity index (χ3n) is 4.41. The van der Waals surface area contributed by atoms with Crippen molar-refractivity contribution in [2.45, 2.75) is 26.9 Å². The van der Waals surface area contributed by atoms with Crippen LogP contribution in [-0.2, 0) is 17.9 Å². The molecule has 0 atom stereocenters. The van der Waals surface area contributed by atoms with Crippen LogP contribution in [-0.4, -0.2) is 53.3 Å². The van der Waals surface area contributed by atoms with Gasteiger partial charge in [-0.3, -0.25) is 14.9 Å². The molecule has 0 bridgehead atoms. The van der Waals surface area contributed by atoms with Crippen LogP contribution in [0.1, 0.15) is 24.3 Å². The summed E-state index contributed by atoms with van der Waals surface area (Å²) in [7, 11) is 1.83. The maximum Gasteiger partial charge on any atom is 0.269 e. The highest BCUT2D eigenvalue weighted by atomic mass is 32.1. The molecule has 2 rings (SSSR count). The van der Waals surface area contributed by atoms with Crippen molar-refractivity contribution in [3.05, 3.63) is 62.3 Å². The van der Waals surface area contributed by atoms with Crippen molar-refractivity contribution in [2.75, 3.05) is 26.7 Å². The third-order valence-corrected chi connectivity index (χ3v) is 5.29. The molecule has 0 fully saturated rings. The molecule has 0 aliphatic rings. The van der Waals surface area contributed by atoms with Gasteiger partial charge in [-0.05, 0) is 30.9 Å². The molecular weight excluding hydrogens is 390 g/mol. The summed E-state index contributed by atoms with van der Waals surface area (Å²) in [6.07, 6.45) is 0. The van der Waals surface area contributed by atoms with E-state index in [0.717, 1.165) is 10.4 Å². The van der Waals surface area contributed by atoms with Gasteiger partial charge in [0.1, 0.15) is 0 Å². The number of nitrogens with zero attached hydrogens (tertiary/aromatic N) is 4. The fourth-order valence-electron chi connectivity index (χ4n) is 2.73. The number of guanidine groups is 1. The summed E-state index contributed by atoms with van der Waals surface area (Å²) in [4.78, 5) is 32.2. The van der Waals surface area contributed by atoms with Crippen LogP contribution >= 0.6 is 11.3 Å². The number of carbonyl (C=O) groups is 1. The monoisotopic (exact) mass is 417 g/mol. The Morgan fingerprint density at radius 3 is 2.45 bits per heavy atom. The van der Waals surface area contributed by atoms with E-state index in [1.165, 1.54) is 12.1 Å². The predicted octanol–water partition coefficient (Wildman–Crippen LogP) is 3.10. The molecule has 1 N–H and O–H groups in total. The van der Waals surface area contributed by atoms with Crippen LogP contribution in [0.25, 0.3) is 0 Å². The Morgan fingerprint density at radius 1 is 1.21 bits per heavy atom. The van der Waals surface area contributed by atoms with E-state index in [1.807, 2.05) is 38.4 Å². The number of amides is 1. The number of nitrogens with one attached hydrogen (secondary N) is 1. The molecule has 1 heterocycles. The highest BCUT2D eigenvalue weighted by Crippen LogP contribution is 2.13. The maximum atomic E-state index is 12.5. The molecule has 8 nitrogen and oxygen atoms in total. The van der Waals surface area contributed by atoms with Crippen LogP contribution in [0, 0.1) is 10.1 Å². The normalized spacial score (nSPS) is 11.2. The van der Waals surface area contributed by atoms with Gasteiger partial charge in [-0.2, -0.15) is 0 Å². The minimum absolute atomic E-state index is 0.0402. The van der Waals surface area contributed by atoms with Gasteiger partial charge in [0, 0.05) is 37.1 Å². The van der Waals surface area contributed by atoms with Crippen molar-refractivity contribution < 1.29 is 9.72 Å². The number of aliphatic imine (C=N–C) groups is 1. The van der Waals surface area contributed by atoms with Gasteiger partial charge in [-0.1, -0.05) is 18.2 Å². The number of non-ortho nitro benzene ring substituents is 1. The predicted molar refractivity (Wildman–Crippen MR) is 116 cm³/mol. The first kappa shape index (κ1) is 22.4. The standard InChI is InChI=1S/C20H27N5O3S/c1-4-24(5-2)19(26)15-23(3)20(22-14-18-7-6-12-29-18)21-13-16-8-10-17(11-9-16)25(27)28/h6-12H,4-5,13-15H2,1-3H3,(H,21,22). The van der Waals surface area contributed by atoms with Gasteiger partial charge in [0.25, 0.3) is 5.69 Å². The van der Waals surface area contributed by atoms with Crippen molar-refractivity contribution >= 4 is 28.9 Å². The van der Waals surface area contributed by atoms with E-state index >= 15 is 0 Å². The zero-order valence-corrected chi connectivity index (χ0v) is 17.8. The van der Waals surface area contributed by atoms with Gasteiger partial charge >= 0.3 is 0 Å². The number of carbonyl (C=O) groups excluding carboxylic acids is 1. The largest absolute Gasteiger partial charge is 0.351 e. The number of nitro benzene ring substituents is 1. The summed E-state index contributed by atoms with van der Waals surface area (Å²) in [5.74, 6) is 0.649. The highest BCUT2D eigenvalue weighted by molar-refractivity contribution is 7.09. The summed E-state index contributed by atoms with van der Waals surface area (Å²) in [6, 6.07) is 10.4. The van der Waals surface area contributed by atoms with E-state index in [9.17, 15) is 14.9 Å². The van der Waals surface area contributed by atoms with E-state index < -0.39 is 4.92 Å². The quantitative estimate of drug-likeness (QED) is 0.293. The van der Waals surface area contributed by atoms with Crippen molar-refractivity contribution in [3.8, 4) is 0 Å². The van der Waals surface area contributed by atoms with E-state index in [-0.39, 0.29) is 18.1 Å². The fourth-order valence-corrected chi connectivity index (χ4v) is 3.38. The molecule has 156 valence electrons. The van der Waals surface area contributed by atoms with Crippen LogP contribution in [0.5, 0.6) is 0 Å². The molecule has 1 amide bonds. The second-order valence-electron chi connectivity index (χ2n) is 6.42. The van der Waals surface area contributed by atoms with Crippen molar-refractivity contribution in [3.63, 3.8) is 0 Å². The topological polar surface area (TPSA) is 91.1 Å². The molecule has 2 aromatic rings. The zero-order chi connectivity index (χ0) is 21.2. The Morgan fingerprint density at radius 2 is 1.90 bits per heavy atom. The van der Waals surface area contributed by atoms with Gasteiger partial charge in [-0.15, -0.1) is 11.3 Å². The summed E-state index contributed by atoms with van der Waals surface area (Å²) in [5, 5.41) is 16.1. The van der Waals surface area contributed by atoms with Crippen molar-refractivity contribution in [1.29, 1.82) is 0 Å². The Hall–Kier alpha value is -2.94. The molecule has 1 aromatic carbocycles. The van der Waals surface area contributed by atoms with Crippen LogP contribution in [0.15, 0.2) is 46.8 Å². The Kier molecular flexibility index (Phi) is 8.60. The summed E-state index contributed by atoms with van der Waals surface area (Å²) >= 11 is 1.65. The lowest BCUT2D eigenvalue weighted by Crippen LogP contribution is -2.45. The summed E-state index contributed by atoms with van der Waals surface area (Å²) in [5.41, 5.74) is 0.908. The lowest BCUT2D eigenvalue weighted by molar-refractivity contribution is -0.384. The number of benzene rings is 1. The van der Waals surface area contributed by atoms with E-state index in [0.29, 0.717) is 32.1 Å². The number of rotatable bonds is 9. The number of nitro groups is 1. The molecule has 9 heteroatoms. The van der Waals surface area contributed by atoms with E-state index in [1.54, 1.807) is 33.3 Å². The van der Waals surface area contributed by atoms with Gasteiger partial charge < -0.3 is 15.1 Å². The molecule has 0 aliphatic heterocycles. The second kappa shape index (κ2) is 11.2. The molecule has 0 aliphatic carbocycles. The third kappa shape index (κ3) is 6.86. The average Bonchev–Trinajstić information content (AvgIpc) is 3.22. The Balaban J connectivity index is 2.10. The molecular formula is C20H27N5O3S. The average molecular weight is 418 g/mol. The minimum Gasteiger partial charge on any atom is -0.351 e. The smallest absolute Gasteiger partial charge is 0.269 e. The summed E-state index contributed by atoms with van der Waals surface area (Å²) < 4.78 is 0. The minimum atomic E-state index is -0.423. The first-order valence-electron chi connectivity index (χ1n) is 9.47. The van der Waals surface area contributed by atoms with Crippen LogP contribution < -0.4 is 5.32 Å². The van der Waals surface area contributed by atoms with Crippen molar-refractivity contribution in [2.24, 2.45) is 4.99 Å². The van der Waals surface area contributed by atoms with Crippen LogP contribution in [0.2, 0.25) is 0 Å². The maximum absolute atomic E-state index is 12.5. The van der Waals surface area contributed by atoms with Gasteiger partial charge in [0.05, 0.1) is 24.6 Å². The lowest BCUT2D eigenvalue weighted by Gasteiger charge is -2.26. The summed E-state index contributed by atoms with van der Waals surface area (Å²) in [6.45, 7) is 6.44. The zero-order valence-electron chi connectivity index (χ0n) is 17.0. The molecule has 1 aromatic heterocycles. The van der Waals surface area contributed by atoms with Crippen LogP contribution in [0.4, 0.5) is 5.69 Å².